The number of rotatable bonds is 5. The average Bonchev–Trinajstić information content (AvgIpc) is 3.01. The molecule has 4 heteroatoms. The first-order valence-electron chi connectivity index (χ1n) is 5.43. The molecule has 1 aromatic rings. The lowest BCUT2D eigenvalue weighted by atomic mass is 10.2. The summed E-state index contributed by atoms with van der Waals surface area (Å²) in [6.07, 6.45) is 3.71. The molecule has 0 aliphatic heterocycles. The number of amidine groups is 1. The molecule has 0 aromatic heterocycles. The van der Waals surface area contributed by atoms with Crippen molar-refractivity contribution >= 4 is 17.4 Å². The summed E-state index contributed by atoms with van der Waals surface area (Å²) in [6, 6.07) is 5.15. The predicted octanol–water partition coefficient (Wildman–Crippen LogP) is 2.80. The van der Waals surface area contributed by atoms with E-state index in [2.05, 4.69) is 0 Å². The van der Waals surface area contributed by atoms with Crippen LogP contribution in [0.3, 0.4) is 0 Å². The fraction of sp³-hybridized carbons (Fsp3) is 0.417. The Bertz CT molecular complexity index is 402. The standard InChI is InChI=1S/C12H15ClN2O/c13-9-3-4-10(12(14)15)11(7-9)16-6-5-8-1-2-8/h3-4,7-8H,1-2,5-6H2,(H3,14,15). The van der Waals surface area contributed by atoms with Crippen LogP contribution in [0.2, 0.25) is 5.02 Å². The molecule has 0 heterocycles. The van der Waals surface area contributed by atoms with E-state index in [-0.39, 0.29) is 5.84 Å². The highest BCUT2D eigenvalue weighted by molar-refractivity contribution is 6.30. The van der Waals surface area contributed by atoms with Crippen molar-refractivity contribution in [3.8, 4) is 5.75 Å². The number of nitrogen functional groups attached to an aromatic ring is 1. The molecule has 1 aliphatic rings. The third kappa shape index (κ3) is 2.89. The van der Waals surface area contributed by atoms with Gasteiger partial charge in [0.1, 0.15) is 11.6 Å². The summed E-state index contributed by atoms with van der Waals surface area (Å²) < 4.78 is 5.62. The molecule has 0 amide bonds. The molecule has 3 nitrogen and oxygen atoms in total. The average molecular weight is 239 g/mol. The van der Waals surface area contributed by atoms with Crippen molar-refractivity contribution < 1.29 is 4.74 Å². The number of hydrogen-bond acceptors (Lipinski definition) is 2. The molecule has 0 atom stereocenters. The minimum Gasteiger partial charge on any atom is -0.493 e. The summed E-state index contributed by atoms with van der Waals surface area (Å²) in [6.45, 7) is 0.672. The van der Waals surface area contributed by atoms with Gasteiger partial charge in [-0.25, -0.2) is 0 Å². The summed E-state index contributed by atoms with van der Waals surface area (Å²) >= 11 is 5.88. The summed E-state index contributed by atoms with van der Waals surface area (Å²) in [5.41, 5.74) is 6.08. The fourth-order valence-electron chi connectivity index (χ4n) is 1.58. The van der Waals surface area contributed by atoms with Gasteiger partial charge in [0, 0.05) is 5.02 Å². The van der Waals surface area contributed by atoms with Crippen LogP contribution in [0.5, 0.6) is 5.75 Å². The lowest BCUT2D eigenvalue weighted by Gasteiger charge is -2.10. The van der Waals surface area contributed by atoms with Gasteiger partial charge < -0.3 is 10.5 Å². The van der Waals surface area contributed by atoms with Crippen molar-refractivity contribution in [3.05, 3.63) is 28.8 Å². The van der Waals surface area contributed by atoms with E-state index in [0.717, 1.165) is 12.3 Å². The first kappa shape index (κ1) is 11.3. The number of benzene rings is 1. The first-order chi connectivity index (χ1) is 7.66. The third-order valence-corrected chi connectivity index (χ3v) is 2.95. The van der Waals surface area contributed by atoms with E-state index in [4.69, 9.17) is 27.5 Å². The second-order valence-electron chi connectivity index (χ2n) is 4.13. The zero-order chi connectivity index (χ0) is 11.5. The predicted molar refractivity (Wildman–Crippen MR) is 65.3 cm³/mol. The quantitative estimate of drug-likeness (QED) is 0.612. The Morgan fingerprint density at radius 2 is 2.25 bits per heavy atom. The summed E-state index contributed by atoms with van der Waals surface area (Å²) in [7, 11) is 0. The number of halogens is 1. The monoisotopic (exact) mass is 238 g/mol. The first-order valence-corrected chi connectivity index (χ1v) is 5.81. The van der Waals surface area contributed by atoms with Gasteiger partial charge in [0.05, 0.1) is 12.2 Å². The zero-order valence-corrected chi connectivity index (χ0v) is 9.76. The molecule has 0 spiro atoms. The molecule has 16 heavy (non-hydrogen) atoms. The maximum atomic E-state index is 7.43. The summed E-state index contributed by atoms with van der Waals surface area (Å²) in [4.78, 5) is 0. The molecule has 3 N–H and O–H groups in total. The van der Waals surface area contributed by atoms with Crippen molar-refractivity contribution in [3.63, 3.8) is 0 Å². The molecule has 0 bridgehead atoms. The van der Waals surface area contributed by atoms with Crippen LogP contribution in [0.25, 0.3) is 0 Å². The Kier molecular flexibility index (Phi) is 3.34. The van der Waals surface area contributed by atoms with Gasteiger partial charge in [0.15, 0.2) is 0 Å². The highest BCUT2D eigenvalue weighted by atomic mass is 35.5. The van der Waals surface area contributed by atoms with Crippen LogP contribution < -0.4 is 10.5 Å². The highest BCUT2D eigenvalue weighted by Crippen LogP contribution is 2.32. The molecule has 2 rings (SSSR count). The van der Waals surface area contributed by atoms with Gasteiger partial charge in [-0.2, -0.15) is 0 Å². The second kappa shape index (κ2) is 4.74. The van der Waals surface area contributed by atoms with E-state index in [1.165, 1.54) is 12.8 Å². The van der Waals surface area contributed by atoms with Gasteiger partial charge in [-0.1, -0.05) is 24.4 Å². The lowest BCUT2D eigenvalue weighted by Crippen LogP contribution is -2.13. The van der Waals surface area contributed by atoms with Gasteiger partial charge >= 0.3 is 0 Å². The van der Waals surface area contributed by atoms with Gasteiger partial charge in [0.25, 0.3) is 0 Å². The van der Waals surface area contributed by atoms with E-state index in [1.807, 2.05) is 0 Å². The Balaban J connectivity index is 2.03. The zero-order valence-electron chi connectivity index (χ0n) is 9.00. The molecule has 1 aliphatic carbocycles. The van der Waals surface area contributed by atoms with Crippen LogP contribution in [0.15, 0.2) is 18.2 Å². The maximum Gasteiger partial charge on any atom is 0.131 e. The van der Waals surface area contributed by atoms with Crippen molar-refractivity contribution in [1.82, 2.24) is 0 Å². The Hall–Kier alpha value is -1.22. The van der Waals surface area contributed by atoms with Crippen LogP contribution in [0.1, 0.15) is 24.8 Å². The van der Waals surface area contributed by atoms with Crippen LogP contribution in [0.4, 0.5) is 0 Å². The van der Waals surface area contributed by atoms with Crippen LogP contribution in [-0.4, -0.2) is 12.4 Å². The van der Waals surface area contributed by atoms with E-state index >= 15 is 0 Å². The smallest absolute Gasteiger partial charge is 0.131 e. The fourth-order valence-corrected chi connectivity index (χ4v) is 1.74. The number of nitrogens with two attached hydrogens (primary N) is 1. The molecule has 0 unspecified atom stereocenters. The molecule has 0 saturated heterocycles. The molecule has 86 valence electrons. The van der Waals surface area contributed by atoms with Crippen molar-refractivity contribution in [2.75, 3.05) is 6.61 Å². The normalized spacial score (nSPS) is 14.8. The second-order valence-corrected chi connectivity index (χ2v) is 4.57. The van der Waals surface area contributed by atoms with E-state index in [9.17, 15) is 0 Å². The van der Waals surface area contributed by atoms with Gasteiger partial charge in [-0.15, -0.1) is 0 Å². The molecular formula is C12H15ClN2O. The minimum absolute atomic E-state index is 0.0121. The Morgan fingerprint density at radius 1 is 1.50 bits per heavy atom. The molecule has 1 aromatic carbocycles. The van der Waals surface area contributed by atoms with Crippen LogP contribution >= 0.6 is 11.6 Å². The Labute approximate surface area is 100 Å². The van der Waals surface area contributed by atoms with E-state index in [0.29, 0.717) is 22.9 Å². The SMILES string of the molecule is N=C(N)c1ccc(Cl)cc1OCCC1CC1. The van der Waals surface area contributed by atoms with Crippen molar-refractivity contribution in [1.29, 1.82) is 5.41 Å². The lowest BCUT2D eigenvalue weighted by molar-refractivity contribution is 0.302. The van der Waals surface area contributed by atoms with Crippen LogP contribution in [-0.2, 0) is 0 Å². The molecular weight excluding hydrogens is 224 g/mol. The Morgan fingerprint density at radius 3 is 2.88 bits per heavy atom. The van der Waals surface area contributed by atoms with Crippen LogP contribution in [0, 0.1) is 11.3 Å². The molecule has 1 saturated carbocycles. The topological polar surface area (TPSA) is 59.1 Å². The molecule has 1 fully saturated rings. The van der Waals surface area contributed by atoms with E-state index in [1.54, 1.807) is 18.2 Å². The highest BCUT2D eigenvalue weighted by Gasteiger charge is 2.21. The molecule has 0 radical (unpaired) electrons. The van der Waals surface area contributed by atoms with Crippen molar-refractivity contribution in [2.45, 2.75) is 19.3 Å². The largest absolute Gasteiger partial charge is 0.493 e. The van der Waals surface area contributed by atoms with Crippen molar-refractivity contribution in [2.24, 2.45) is 11.7 Å². The number of hydrogen-bond donors (Lipinski definition) is 2. The maximum absolute atomic E-state index is 7.43. The number of ether oxygens (including phenoxy) is 1. The number of nitrogens with one attached hydrogen (secondary N) is 1. The third-order valence-electron chi connectivity index (χ3n) is 2.71. The van der Waals surface area contributed by atoms with Gasteiger partial charge in [-0.05, 0) is 30.5 Å². The minimum atomic E-state index is 0.0121. The van der Waals surface area contributed by atoms with Gasteiger partial charge in [-0.3, -0.25) is 5.41 Å². The van der Waals surface area contributed by atoms with Gasteiger partial charge in [0.2, 0.25) is 0 Å². The van der Waals surface area contributed by atoms with E-state index < -0.39 is 0 Å². The summed E-state index contributed by atoms with van der Waals surface area (Å²) in [5.74, 6) is 1.46. The summed E-state index contributed by atoms with van der Waals surface area (Å²) in [5, 5.41) is 8.04.